The number of ether oxygens (including phenoxy) is 1. The first-order valence-electron chi connectivity index (χ1n) is 5.59. The molecule has 104 valence electrons. The lowest BCUT2D eigenvalue weighted by Crippen LogP contribution is -2.39. The highest BCUT2D eigenvalue weighted by atomic mass is 19.4. The quantitative estimate of drug-likeness (QED) is 0.739. The third-order valence-electron chi connectivity index (χ3n) is 2.64. The number of hydrogen-bond acceptors (Lipinski definition) is 2. The van der Waals surface area contributed by atoms with Gasteiger partial charge >= 0.3 is 6.18 Å². The fraction of sp³-hybridized carbons (Fsp3) is 0.417. The van der Waals surface area contributed by atoms with Gasteiger partial charge in [0.1, 0.15) is 24.2 Å². The minimum Gasteiger partial charge on any atom is -0.488 e. The molecule has 0 saturated heterocycles. The normalized spacial score (nSPS) is 19.7. The molecule has 1 aromatic carbocycles. The number of benzene rings is 1. The van der Waals surface area contributed by atoms with Crippen molar-refractivity contribution in [2.24, 2.45) is 0 Å². The van der Waals surface area contributed by atoms with Gasteiger partial charge in [0, 0.05) is 6.07 Å². The van der Waals surface area contributed by atoms with E-state index in [2.05, 4.69) is 0 Å². The summed E-state index contributed by atoms with van der Waals surface area (Å²) in [5.41, 5.74) is -0.188. The van der Waals surface area contributed by atoms with Gasteiger partial charge in [0.05, 0.1) is 12.1 Å². The average molecular weight is 277 g/mol. The molecule has 0 spiro atoms. The number of halogens is 4. The number of hydrogen-bond donors (Lipinski definition) is 0. The second-order valence-corrected chi connectivity index (χ2v) is 4.34. The van der Waals surface area contributed by atoms with Crippen LogP contribution in [-0.4, -0.2) is 24.7 Å². The molecule has 1 aliphatic rings. The van der Waals surface area contributed by atoms with Gasteiger partial charge in [-0.05, 0) is 19.1 Å². The highest BCUT2D eigenvalue weighted by Gasteiger charge is 2.37. The number of alkyl halides is 3. The Morgan fingerprint density at radius 3 is 2.74 bits per heavy atom. The first kappa shape index (κ1) is 13.6. The summed E-state index contributed by atoms with van der Waals surface area (Å²) in [6, 6.07) is 3.17. The minimum atomic E-state index is -4.56. The first-order valence-corrected chi connectivity index (χ1v) is 5.59. The molecule has 0 aromatic heterocycles. The van der Waals surface area contributed by atoms with Crippen LogP contribution in [0.1, 0.15) is 13.3 Å². The molecule has 0 fully saturated rings. The molecule has 1 aromatic rings. The Morgan fingerprint density at radius 1 is 1.42 bits per heavy atom. The summed E-state index contributed by atoms with van der Waals surface area (Å²) in [5.74, 6) is -1.39. The monoisotopic (exact) mass is 277 g/mol. The van der Waals surface area contributed by atoms with E-state index in [0.29, 0.717) is 4.90 Å². The second kappa shape index (κ2) is 4.71. The highest BCUT2D eigenvalue weighted by molar-refractivity contribution is 5.96. The van der Waals surface area contributed by atoms with Crippen LogP contribution in [0.4, 0.5) is 23.2 Å². The molecule has 1 atom stereocenters. The van der Waals surface area contributed by atoms with Gasteiger partial charge in [-0.15, -0.1) is 0 Å². The molecule has 0 unspecified atom stereocenters. The fourth-order valence-corrected chi connectivity index (χ4v) is 1.90. The summed E-state index contributed by atoms with van der Waals surface area (Å²) in [6.45, 7) is 0.112. The van der Waals surface area contributed by atoms with E-state index in [4.69, 9.17) is 4.74 Å². The smallest absolute Gasteiger partial charge is 0.406 e. The molecule has 7 heteroatoms. The van der Waals surface area contributed by atoms with E-state index in [1.807, 2.05) is 0 Å². The Kier molecular flexibility index (Phi) is 3.38. The third kappa shape index (κ3) is 3.15. The number of carbonyl (C=O) groups excluding carboxylic acids is 1. The lowest BCUT2D eigenvalue weighted by atomic mass is 10.2. The molecule has 0 saturated carbocycles. The van der Waals surface area contributed by atoms with Crippen LogP contribution in [0, 0.1) is 5.82 Å². The van der Waals surface area contributed by atoms with Gasteiger partial charge in [-0.2, -0.15) is 13.2 Å². The molecule has 0 bridgehead atoms. The Bertz CT molecular complexity index is 501. The van der Waals surface area contributed by atoms with Crippen LogP contribution in [0.25, 0.3) is 0 Å². The van der Waals surface area contributed by atoms with Crippen molar-refractivity contribution in [3.05, 3.63) is 24.0 Å². The summed E-state index contributed by atoms with van der Waals surface area (Å²) < 4.78 is 56.0. The van der Waals surface area contributed by atoms with Crippen molar-refractivity contribution in [1.82, 2.24) is 0 Å². The van der Waals surface area contributed by atoms with Crippen molar-refractivity contribution in [1.29, 1.82) is 0 Å². The van der Waals surface area contributed by atoms with Crippen molar-refractivity contribution >= 4 is 11.6 Å². The Labute approximate surface area is 106 Å². The fourth-order valence-electron chi connectivity index (χ4n) is 1.90. The standard InChI is InChI=1S/C12H11F4NO2/c1-7-4-11(18)17(6-12(14,15)16)9-5-8(13)2-3-10(9)19-7/h2-3,5,7H,4,6H2,1H3/t7-/m1/s1. The van der Waals surface area contributed by atoms with Gasteiger partial charge in [-0.1, -0.05) is 0 Å². The summed E-state index contributed by atoms with van der Waals surface area (Å²) in [5, 5.41) is 0. The number of anilines is 1. The van der Waals surface area contributed by atoms with Gasteiger partial charge in [0.25, 0.3) is 0 Å². The van der Waals surface area contributed by atoms with Crippen molar-refractivity contribution in [2.75, 3.05) is 11.4 Å². The average Bonchev–Trinajstić information content (AvgIpc) is 2.36. The number of nitrogens with zero attached hydrogens (tertiary/aromatic N) is 1. The molecule has 2 rings (SSSR count). The molecule has 0 N–H and O–H groups in total. The van der Waals surface area contributed by atoms with E-state index in [-0.39, 0.29) is 17.9 Å². The molecular formula is C12H11F4NO2. The van der Waals surface area contributed by atoms with E-state index in [1.54, 1.807) is 6.92 Å². The van der Waals surface area contributed by atoms with Crippen molar-refractivity contribution in [3.63, 3.8) is 0 Å². The van der Waals surface area contributed by atoms with Crippen LogP contribution >= 0.6 is 0 Å². The van der Waals surface area contributed by atoms with Crippen molar-refractivity contribution in [3.8, 4) is 5.75 Å². The maximum atomic E-state index is 13.2. The van der Waals surface area contributed by atoms with Crippen molar-refractivity contribution < 1.29 is 27.1 Å². The van der Waals surface area contributed by atoms with Crippen LogP contribution in [-0.2, 0) is 4.79 Å². The summed E-state index contributed by atoms with van der Waals surface area (Å²) >= 11 is 0. The molecule has 1 heterocycles. The van der Waals surface area contributed by atoms with E-state index >= 15 is 0 Å². The molecular weight excluding hydrogens is 266 g/mol. The molecule has 1 aliphatic heterocycles. The van der Waals surface area contributed by atoms with Crippen LogP contribution in [0.2, 0.25) is 0 Å². The maximum absolute atomic E-state index is 13.2. The van der Waals surface area contributed by atoms with E-state index in [9.17, 15) is 22.4 Å². The second-order valence-electron chi connectivity index (χ2n) is 4.34. The van der Waals surface area contributed by atoms with Crippen LogP contribution in [0.3, 0.4) is 0 Å². The molecule has 0 aliphatic carbocycles. The zero-order valence-corrected chi connectivity index (χ0v) is 10.00. The highest BCUT2D eigenvalue weighted by Crippen LogP contribution is 2.35. The van der Waals surface area contributed by atoms with Crippen molar-refractivity contribution in [2.45, 2.75) is 25.6 Å². The zero-order chi connectivity index (χ0) is 14.2. The van der Waals surface area contributed by atoms with Gasteiger partial charge < -0.3 is 4.74 Å². The van der Waals surface area contributed by atoms with Gasteiger partial charge in [0.15, 0.2) is 0 Å². The Hall–Kier alpha value is -1.79. The van der Waals surface area contributed by atoms with E-state index in [0.717, 1.165) is 12.1 Å². The molecule has 3 nitrogen and oxygen atoms in total. The topological polar surface area (TPSA) is 29.5 Å². The lowest BCUT2D eigenvalue weighted by molar-refractivity contribution is -0.132. The van der Waals surface area contributed by atoms with E-state index in [1.165, 1.54) is 6.07 Å². The van der Waals surface area contributed by atoms with E-state index < -0.39 is 30.5 Å². The predicted molar refractivity (Wildman–Crippen MR) is 59.5 cm³/mol. The third-order valence-corrected chi connectivity index (χ3v) is 2.64. The summed E-state index contributed by atoms with van der Waals surface area (Å²) in [4.78, 5) is 12.3. The number of fused-ring (bicyclic) bond motifs is 1. The minimum absolute atomic E-state index is 0.0731. The summed E-state index contributed by atoms with van der Waals surface area (Å²) in [6.07, 6.45) is -5.31. The van der Waals surface area contributed by atoms with Gasteiger partial charge in [-0.25, -0.2) is 4.39 Å². The molecule has 0 radical (unpaired) electrons. The Balaban J connectivity index is 2.46. The largest absolute Gasteiger partial charge is 0.488 e. The van der Waals surface area contributed by atoms with Gasteiger partial charge in [-0.3, -0.25) is 9.69 Å². The number of amides is 1. The lowest BCUT2D eigenvalue weighted by Gasteiger charge is -2.23. The van der Waals surface area contributed by atoms with Gasteiger partial charge in [0.2, 0.25) is 5.91 Å². The summed E-state index contributed by atoms with van der Waals surface area (Å²) in [7, 11) is 0. The predicted octanol–water partition coefficient (Wildman–Crippen LogP) is 2.89. The zero-order valence-electron chi connectivity index (χ0n) is 10.00. The van der Waals surface area contributed by atoms with Crippen LogP contribution in [0.5, 0.6) is 5.75 Å². The SMILES string of the molecule is C[C@@H]1CC(=O)N(CC(F)(F)F)c2cc(F)ccc2O1. The molecule has 19 heavy (non-hydrogen) atoms. The van der Waals surface area contributed by atoms with Crippen LogP contribution in [0.15, 0.2) is 18.2 Å². The number of carbonyl (C=O) groups is 1. The number of rotatable bonds is 1. The maximum Gasteiger partial charge on any atom is 0.406 e. The van der Waals surface area contributed by atoms with Crippen LogP contribution < -0.4 is 9.64 Å². The Morgan fingerprint density at radius 2 is 2.11 bits per heavy atom. The first-order chi connectivity index (χ1) is 8.76. The molecule has 1 amide bonds.